The van der Waals surface area contributed by atoms with Gasteiger partial charge in [0.15, 0.2) is 0 Å². The van der Waals surface area contributed by atoms with Gasteiger partial charge in [0, 0.05) is 50.9 Å². The molecule has 1 aliphatic rings. The molecule has 0 spiro atoms. The first-order valence-electron chi connectivity index (χ1n) is 9.02. The van der Waals surface area contributed by atoms with E-state index in [0.29, 0.717) is 6.54 Å². The van der Waals surface area contributed by atoms with Gasteiger partial charge in [-0.05, 0) is 30.5 Å². The van der Waals surface area contributed by atoms with E-state index < -0.39 is 0 Å². The van der Waals surface area contributed by atoms with Crippen LogP contribution < -0.4 is 0 Å². The van der Waals surface area contributed by atoms with Gasteiger partial charge in [-0.15, -0.1) is 0 Å². The average molecular weight is 342 g/mol. The van der Waals surface area contributed by atoms with Crippen LogP contribution in [0.4, 0.5) is 4.39 Å². The molecule has 4 heteroatoms. The molecular formula is C21H27FN2O. The van der Waals surface area contributed by atoms with Crippen LogP contribution in [0.15, 0.2) is 48.5 Å². The highest BCUT2D eigenvalue weighted by molar-refractivity contribution is 5.25. The SMILES string of the molecule is Cc1ccccc1CN1CCN(Cc2ccccc2F)C(CCO)C1. The predicted molar refractivity (Wildman–Crippen MR) is 98.8 cm³/mol. The third kappa shape index (κ3) is 4.66. The molecular weight excluding hydrogens is 315 g/mol. The van der Waals surface area contributed by atoms with Crippen molar-refractivity contribution in [2.75, 3.05) is 26.2 Å². The lowest BCUT2D eigenvalue weighted by Gasteiger charge is -2.41. The number of piperazine rings is 1. The van der Waals surface area contributed by atoms with E-state index >= 15 is 0 Å². The topological polar surface area (TPSA) is 26.7 Å². The van der Waals surface area contributed by atoms with Crippen molar-refractivity contribution in [3.8, 4) is 0 Å². The summed E-state index contributed by atoms with van der Waals surface area (Å²) in [5.41, 5.74) is 3.40. The van der Waals surface area contributed by atoms with E-state index in [2.05, 4.69) is 41.0 Å². The van der Waals surface area contributed by atoms with Crippen LogP contribution in [0.3, 0.4) is 0 Å². The molecule has 1 aliphatic heterocycles. The summed E-state index contributed by atoms with van der Waals surface area (Å²) >= 11 is 0. The molecule has 1 fully saturated rings. The lowest BCUT2D eigenvalue weighted by atomic mass is 10.0. The number of halogens is 1. The van der Waals surface area contributed by atoms with Gasteiger partial charge in [-0.25, -0.2) is 4.39 Å². The van der Waals surface area contributed by atoms with Crippen LogP contribution >= 0.6 is 0 Å². The van der Waals surface area contributed by atoms with E-state index in [1.54, 1.807) is 6.07 Å². The fourth-order valence-corrected chi connectivity index (χ4v) is 3.61. The van der Waals surface area contributed by atoms with Crippen LogP contribution in [-0.2, 0) is 13.1 Å². The Morgan fingerprint density at radius 1 is 1.00 bits per heavy atom. The molecule has 1 saturated heterocycles. The molecule has 25 heavy (non-hydrogen) atoms. The maximum atomic E-state index is 14.0. The van der Waals surface area contributed by atoms with E-state index in [4.69, 9.17) is 0 Å². The van der Waals surface area contributed by atoms with Crippen molar-refractivity contribution in [1.82, 2.24) is 9.80 Å². The molecule has 0 saturated carbocycles. The predicted octanol–water partition coefficient (Wildman–Crippen LogP) is 3.20. The second-order valence-corrected chi connectivity index (χ2v) is 6.89. The third-order valence-electron chi connectivity index (χ3n) is 5.14. The van der Waals surface area contributed by atoms with E-state index in [1.807, 2.05) is 12.1 Å². The Kier molecular flexibility index (Phi) is 6.19. The fraction of sp³-hybridized carbons (Fsp3) is 0.429. The molecule has 3 nitrogen and oxygen atoms in total. The van der Waals surface area contributed by atoms with Crippen molar-refractivity contribution >= 4 is 0 Å². The van der Waals surface area contributed by atoms with Gasteiger partial charge < -0.3 is 5.11 Å². The highest BCUT2D eigenvalue weighted by Gasteiger charge is 2.27. The maximum Gasteiger partial charge on any atom is 0.127 e. The molecule has 0 amide bonds. The second kappa shape index (κ2) is 8.56. The molecule has 134 valence electrons. The number of aliphatic hydroxyl groups excluding tert-OH is 1. The van der Waals surface area contributed by atoms with Gasteiger partial charge in [0.25, 0.3) is 0 Å². The van der Waals surface area contributed by atoms with Gasteiger partial charge in [0.2, 0.25) is 0 Å². The van der Waals surface area contributed by atoms with Crippen molar-refractivity contribution in [1.29, 1.82) is 0 Å². The molecule has 2 aromatic rings. The number of hydrogen-bond donors (Lipinski definition) is 1. The minimum atomic E-state index is -0.146. The zero-order chi connectivity index (χ0) is 17.6. The molecule has 3 rings (SSSR count). The van der Waals surface area contributed by atoms with Crippen molar-refractivity contribution in [3.05, 3.63) is 71.0 Å². The van der Waals surface area contributed by atoms with Crippen molar-refractivity contribution in [2.24, 2.45) is 0 Å². The van der Waals surface area contributed by atoms with Crippen LogP contribution in [0.1, 0.15) is 23.1 Å². The molecule has 1 heterocycles. The molecule has 0 bridgehead atoms. The van der Waals surface area contributed by atoms with Gasteiger partial charge >= 0.3 is 0 Å². The maximum absolute atomic E-state index is 14.0. The summed E-state index contributed by atoms with van der Waals surface area (Å²) < 4.78 is 14.0. The number of benzene rings is 2. The lowest BCUT2D eigenvalue weighted by Crippen LogP contribution is -2.52. The fourth-order valence-electron chi connectivity index (χ4n) is 3.61. The molecule has 2 aromatic carbocycles. The van der Waals surface area contributed by atoms with Crippen LogP contribution in [0.25, 0.3) is 0 Å². The summed E-state index contributed by atoms with van der Waals surface area (Å²) in [6.45, 7) is 6.61. The van der Waals surface area contributed by atoms with Gasteiger partial charge in [-0.2, -0.15) is 0 Å². The minimum Gasteiger partial charge on any atom is -0.396 e. The highest BCUT2D eigenvalue weighted by Crippen LogP contribution is 2.20. The highest BCUT2D eigenvalue weighted by atomic mass is 19.1. The first kappa shape index (κ1) is 18.1. The Bertz CT molecular complexity index is 691. The molecule has 0 aliphatic carbocycles. The van der Waals surface area contributed by atoms with E-state index in [9.17, 15) is 9.50 Å². The number of rotatable bonds is 6. The monoisotopic (exact) mass is 342 g/mol. The van der Waals surface area contributed by atoms with Crippen LogP contribution in [-0.4, -0.2) is 47.2 Å². The summed E-state index contributed by atoms with van der Waals surface area (Å²) in [6, 6.07) is 15.7. The zero-order valence-electron chi connectivity index (χ0n) is 14.9. The summed E-state index contributed by atoms with van der Waals surface area (Å²) in [7, 11) is 0. The van der Waals surface area contributed by atoms with E-state index in [0.717, 1.165) is 38.2 Å². The second-order valence-electron chi connectivity index (χ2n) is 6.89. The summed E-state index contributed by atoms with van der Waals surface area (Å²) in [6.07, 6.45) is 0.721. The average Bonchev–Trinajstić information content (AvgIpc) is 2.61. The number of aryl methyl sites for hydroxylation is 1. The molecule has 0 aromatic heterocycles. The quantitative estimate of drug-likeness (QED) is 0.873. The summed E-state index contributed by atoms with van der Waals surface area (Å²) in [5, 5.41) is 9.46. The Morgan fingerprint density at radius 3 is 2.44 bits per heavy atom. The molecule has 1 atom stereocenters. The smallest absolute Gasteiger partial charge is 0.127 e. The first-order valence-corrected chi connectivity index (χ1v) is 9.02. The Labute approximate surface area is 149 Å². The van der Waals surface area contributed by atoms with Crippen LogP contribution in [0.2, 0.25) is 0 Å². The van der Waals surface area contributed by atoms with E-state index in [-0.39, 0.29) is 18.5 Å². The zero-order valence-corrected chi connectivity index (χ0v) is 14.9. The normalized spacial score (nSPS) is 19.2. The van der Waals surface area contributed by atoms with Crippen molar-refractivity contribution < 1.29 is 9.50 Å². The first-order chi connectivity index (χ1) is 12.2. The molecule has 0 radical (unpaired) electrons. The lowest BCUT2D eigenvalue weighted by molar-refractivity contribution is 0.0492. The van der Waals surface area contributed by atoms with Crippen molar-refractivity contribution in [2.45, 2.75) is 32.5 Å². The molecule has 1 N–H and O–H groups in total. The standard InChI is InChI=1S/C21H27FN2O/c1-17-6-2-3-7-18(17)14-23-11-12-24(20(16-23)10-13-25)15-19-8-4-5-9-21(19)22/h2-9,20,25H,10-16H2,1H3. The third-order valence-corrected chi connectivity index (χ3v) is 5.14. The van der Waals surface area contributed by atoms with Gasteiger partial charge in [-0.1, -0.05) is 42.5 Å². The van der Waals surface area contributed by atoms with E-state index in [1.165, 1.54) is 17.2 Å². The van der Waals surface area contributed by atoms with Crippen LogP contribution in [0, 0.1) is 12.7 Å². The largest absolute Gasteiger partial charge is 0.396 e. The molecule has 1 unspecified atom stereocenters. The Balaban J connectivity index is 1.66. The van der Waals surface area contributed by atoms with Crippen molar-refractivity contribution in [3.63, 3.8) is 0 Å². The van der Waals surface area contributed by atoms with Gasteiger partial charge in [0.1, 0.15) is 5.82 Å². The number of nitrogens with zero attached hydrogens (tertiary/aromatic N) is 2. The summed E-state index contributed by atoms with van der Waals surface area (Å²) in [4.78, 5) is 4.75. The number of aliphatic hydroxyl groups is 1. The Morgan fingerprint density at radius 2 is 1.72 bits per heavy atom. The van der Waals surface area contributed by atoms with Crippen LogP contribution in [0.5, 0.6) is 0 Å². The Hall–Kier alpha value is -1.75. The van der Waals surface area contributed by atoms with Gasteiger partial charge in [-0.3, -0.25) is 9.80 Å². The number of hydrogen-bond acceptors (Lipinski definition) is 3. The minimum absolute atomic E-state index is 0.146. The summed E-state index contributed by atoms with van der Waals surface area (Å²) in [5.74, 6) is -0.146. The van der Waals surface area contributed by atoms with Gasteiger partial charge in [0.05, 0.1) is 0 Å².